The van der Waals surface area contributed by atoms with Crippen molar-refractivity contribution in [3.05, 3.63) is 84.6 Å². The van der Waals surface area contributed by atoms with Gasteiger partial charge in [0.05, 0.1) is 22.9 Å². The predicted molar refractivity (Wildman–Crippen MR) is 128 cm³/mol. The highest BCUT2D eigenvalue weighted by molar-refractivity contribution is 5.80. The van der Waals surface area contributed by atoms with Gasteiger partial charge in [-0.15, -0.1) is 0 Å². The summed E-state index contributed by atoms with van der Waals surface area (Å²) in [6.45, 7) is 2.20. The molecule has 0 fully saturated rings. The molecule has 0 spiro atoms. The molecule has 0 aliphatic carbocycles. The molecule has 162 valence electrons. The zero-order chi connectivity index (χ0) is 22.5. The fourth-order valence-corrected chi connectivity index (χ4v) is 3.30. The van der Waals surface area contributed by atoms with Crippen LogP contribution in [0.5, 0.6) is 5.75 Å². The maximum absolute atomic E-state index is 12.4. The number of aromatic nitrogens is 2. The van der Waals surface area contributed by atoms with E-state index in [2.05, 4.69) is 15.3 Å². The van der Waals surface area contributed by atoms with Gasteiger partial charge in [-0.05, 0) is 61.0 Å². The lowest BCUT2D eigenvalue weighted by molar-refractivity contribution is -0.127. The molecule has 0 saturated carbocycles. The van der Waals surface area contributed by atoms with Gasteiger partial charge in [-0.25, -0.2) is 4.98 Å². The van der Waals surface area contributed by atoms with Crippen LogP contribution in [0.2, 0.25) is 0 Å². The van der Waals surface area contributed by atoms with Gasteiger partial charge in [0.1, 0.15) is 5.75 Å². The van der Waals surface area contributed by atoms with Crippen molar-refractivity contribution in [2.45, 2.75) is 19.6 Å². The molecule has 3 aromatic carbocycles. The van der Waals surface area contributed by atoms with Crippen LogP contribution < -0.4 is 15.0 Å². The number of carbonyl (C=O) groups excluding carboxylic acids is 1. The molecule has 0 radical (unpaired) electrons. The Hall–Kier alpha value is -3.93. The number of benzene rings is 3. The molecular formula is C26H26N4O2. The molecule has 6 nitrogen and oxygen atoms in total. The number of ether oxygens (including phenoxy) is 1. The van der Waals surface area contributed by atoms with E-state index >= 15 is 0 Å². The van der Waals surface area contributed by atoms with E-state index in [0.29, 0.717) is 12.3 Å². The van der Waals surface area contributed by atoms with Crippen LogP contribution in [0.3, 0.4) is 0 Å². The van der Waals surface area contributed by atoms with E-state index in [1.54, 1.807) is 13.1 Å². The second-order valence-electron chi connectivity index (χ2n) is 7.81. The summed E-state index contributed by atoms with van der Waals surface area (Å²) in [5, 5.41) is 2.93. The molecule has 1 heterocycles. The number of amides is 1. The molecule has 0 bridgehead atoms. The number of para-hydroxylation sites is 2. The van der Waals surface area contributed by atoms with E-state index < -0.39 is 6.10 Å². The van der Waals surface area contributed by atoms with Gasteiger partial charge in [-0.1, -0.05) is 24.3 Å². The topological polar surface area (TPSA) is 67.3 Å². The van der Waals surface area contributed by atoms with Gasteiger partial charge in [0.15, 0.2) is 6.10 Å². The average molecular weight is 427 g/mol. The first-order valence-corrected chi connectivity index (χ1v) is 10.5. The van der Waals surface area contributed by atoms with Gasteiger partial charge < -0.3 is 15.0 Å². The summed E-state index contributed by atoms with van der Waals surface area (Å²) in [6.07, 6.45) is 1.15. The number of rotatable bonds is 7. The minimum Gasteiger partial charge on any atom is -0.481 e. The Kier molecular flexibility index (Phi) is 6.31. The molecule has 0 saturated heterocycles. The number of fused-ring (bicyclic) bond motifs is 1. The molecule has 1 atom stereocenters. The minimum atomic E-state index is -0.609. The van der Waals surface area contributed by atoms with Crippen molar-refractivity contribution >= 4 is 22.6 Å². The van der Waals surface area contributed by atoms with Gasteiger partial charge in [0.25, 0.3) is 5.91 Å². The van der Waals surface area contributed by atoms with Crippen molar-refractivity contribution in [3.63, 3.8) is 0 Å². The summed E-state index contributed by atoms with van der Waals surface area (Å²) in [5.41, 5.74) is 5.61. The second kappa shape index (κ2) is 9.47. The molecule has 0 aliphatic rings. The van der Waals surface area contributed by atoms with E-state index in [-0.39, 0.29) is 5.91 Å². The molecule has 4 rings (SSSR count). The number of carbonyl (C=O) groups is 1. The molecular weight excluding hydrogens is 400 g/mol. The quantitative estimate of drug-likeness (QED) is 0.473. The molecule has 0 unspecified atom stereocenters. The summed E-state index contributed by atoms with van der Waals surface area (Å²) in [4.78, 5) is 23.6. The van der Waals surface area contributed by atoms with Crippen molar-refractivity contribution in [2.75, 3.05) is 19.0 Å². The van der Waals surface area contributed by atoms with Crippen LogP contribution in [0.15, 0.2) is 79.0 Å². The Morgan fingerprint density at radius 3 is 2.34 bits per heavy atom. The summed E-state index contributed by atoms with van der Waals surface area (Å²) >= 11 is 0. The Morgan fingerprint density at radius 2 is 1.66 bits per heavy atom. The van der Waals surface area contributed by atoms with Crippen LogP contribution in [0.25, 0.3) is 22.3 Å². The Bertz CT molecular complexity index is 1200. The van der Waals surface area contributed by atoms with Crippen LogP contribution in [-0.2, 0) is 11.3 Å². The molecule has 4 aromatic rings. The molecule has 0 aliphatic heterocycles. The summed E-state index contributed by atoms with van der Waals surface area (Å²) in [5.74, 6) is 0.464. The lowest BCUT2D eigenvalue weighted by Gasteiger charge is -2.16. The Morgan fingerprint density at radius 1 is 0.969 bits per heavy atom. The monoisotopic (exact) mass is 426 g/mol. The van der Waals surface area contributed by atoms with E-state index in [0.717, 1.165) is 33.5 Å². The third-order valence-electron chi connectivity index (χ3n) is 5.20. The Balaban J connectivity index is 1.34. The lowest BCUT2D eigenvalue weighted by atomic mass is 10.1. The van der Waals surface area contributed by atoms with Gasteiger partial charge in [-0.3, -0.25) is 9.78 Å². The second-order valence-corrected chi connectivity index (χ2v) is 7.81. The predicted octanol–water partition coefficient (Wildman–Crippen LogP) is 4.45. The van der Waals surface area contributed by atoms with Crippen LogP contribution in [0.1, 0.15) is 12.5 Å². The third kappa shape index (κ3) is 5.03. The maximum atomic E-state index is 12.4. The van der Waals surface area contributed by atoms with E-state index in [1.807, 2.05) is 91.8 Å². The molecule has 1 amide bonds. The summed E-state index contributed by atoms with van der Waals surface area (Å²) in [7, 11) is 4.00. The summed E-state index contributed by atoms with van der Waals surface area (Å²) < 4.78 is 5.82. The lowest BCUT2D eigenvalue weighted by Crippen LogP contribution is -2.35. The van der Waals surface area contributed by atoms with Gasteiger partial charge in [-0.2, -0.15) is 0 Å². The normalized spacial score (nSPS) is 11.7. The summed E-state index contributed by atoms with van der Waals surface area (Å²) in [6, 6.07) is 23.4. The van der Waals surface area contributed by atoms with Gasteiger partial charge in [0, 0.05) is 31.9 Å². The SMILES string of the molecule is C[C@@H](Oc1ccc(-c2cnc3ccccc3n2)cc1)C(=O)NCc1ccc(N(C)C)cc1. The highest BCUT2D eigenvalue weighted by atomic mass is 16.5. The largest absolute Gasteiger partial charge is 0.481 e. The highest BCUT2D eigenvalue weighted by Crippen LogP contribution is 2.22. The van der Waals surface area contributed by atoms with Crippen LogP contribution in [0, 0.1) is 0 Å². The maximum Gasteiger partial charge on any atom is 0.261 e. The van der Waals surface area contributed by atoms with Crippen molar-refractivity contribution < 1.29 is 9.53 Å². The molecule has 32 heavy (non-hydrogen) atoms. The van der Waals surface area contributed by atoms with Crippen molar-refractivity contribution in [1.82, 2.24) is 15.3 Å². The van der Waals surface area contributed by atoms with Crippen LogP contribution in [-0.4, -0.2) is 36.1 Å². The zero-order valence-electron chi connectivity index (χ0n) is 18.4. The van der Waals surface area contributed by atoms with Crippen LogP contribution in [0.4, 0.5) is 5.69 Å². The van der Waals surface area contributed by atoms with Gasteiger partial charge >= 0.3 is 0 Å². The van der Waals surface area contributed by atoms with Crippen LogP contribution >= 0.6 is 0 Å². The smallest absolute Gasteiger partial charge is 0.261 e. The molecule has 6 heteroatoms. The van der Waals surface area contributed by atoms with Crippen molar-refractivity contribution in [3.8, 4) is 17.0 Å². The average Bonchev–Trinajstić information content (AvgIpc) is 2.83. The van der Waals surface area contributed by atoms with Crippen molar-refractivity contribution in [2.24, 2.45) is 0 Å². The number of hydrogen-bond acceptors (Lipinski definition) is 5. The van der Waals surface area contributed by atoms with Gasteiger partial charge in [0.2, 0.25) is 0 Å². The van der Waals surface area contributed by atoms with E-state index in [4.69, 9.17) is 4.74 Å². The highest BCUT2D eigenvalue weighted by Gasteiger charge is 2.14. The van der Waals surface area contributed by atoms with E-state index in [9.17, 15) is 4.79 Å². The first-order valence-electron chi connectivity index (χ1n) is 10.5. The van der Waals surface area contributed by atoms with Crippen molar-refractivity contribution in [1.29, 1.82) is 0 Å². The Labute approximate surface area is 187 Å². The molecule has 1 N–H and O–H groups in total. The first-order chi connectivity index (χ1) is 15.5. The van der Waals surface area contributed by atoms with E-state index in [1.165, 1.54) is 0 Å². The number of nitrogens with one attached hydrogen (secondary N) is 1. The first kappa shape index (κ1) is 21.3. The standard InChI is InChI=1S/C26H26N4O2/c1-18(26(31)28-16-19-8-12-21(13-9-19)30(2)3)32-22-14-10-20(11-15-22)25-17-27-23-6-4-5-7-24(23)29-25/h4-15,17-18H,16H2,1-3H3,(H,28,31)/t18-/m1/s1. The zero-order valence-corrected chi connectivity index (χ0v) is 18.4. The molecule has 1 aromatic heterocycles. The number of hydrogen-bond donors (Lipinski definition) is 1. The number of anilines is 1. The third-order valence-corrected chi connectivity index (χ3v) is 5.20. The fraction of sp³-hybridized carbons (Fsp3) is 0.192. The number of nitrogens with zero attached hydrogens (tertiary/aromatic N) is 3. The fourth-order valence-electron chi connectivity index (χ4n) is 3.30. The minimum absolute atomic E-state index is 0.161.